The van der Waals surface area contributed by atoms with Crippen LogP contribution < -0.4 is 29.7 Å². The first-order valence-corrected chi connectivity index (χ1v) is 16.1. The zero-order valence-electron chi connectivity index (χ0n) is 26.1. The molecule has 9 heteroatoms. The number of halogens is 1. The van der Waals surface area contributed by atoms with Crippen LogP contribution in [0.4, 0.5) is 10.1 Å². The number of aromatic nitrogens is 1. The summed E-state index contributed by atoms with van der Waals surface area (Å²) in [7, 11) is 1.57. The number of nitrogens with zero attached hydrogens (tertiary/aromatic N) is 2. The minimum Gasteiger partial charge on any atom is -0.497 e. The highest BCUT2D eigenvalue weighted by Gasteiger charge is 2.33. The Morgan fingerprint density at radius 1 is 0.958 bits per heavy atom. The van der Waals surface area contributed by atoms with Crippen LogP contribution in [0, 0.1) is 5.82 Å². The van der Waals surface area contributed by atoms with Gasteiger partial charge in [0.2, 0.25) is 0 Å². The van der Waals surface area contributed by atoms with Crippen molar-refractivity contribution >= 4 is 39.8 Å². The van der Waals surface area contributed by atoms with Crippen LogP contribution in [0.1, 0.15) is 29.7 Å². The summed E-state index contributed by atoms with van der Waals surface area (Å²) in [5, 5.41) is 4.81. The summed E-state index contributed by atoms with van der Waals surface area (Å²) in [5.41, 5.74) is 2.99. The molecule has 238 valence electrons. The molecule has 0 spiro atoms. The highest BCUT2D eigenvalue weighted by atomic mass is 32.1. The van der Waals surface area contributed by atoms with Gasteiger partial charge < -0.3 is 14.8 Å². The van der Waals surface area contributed by atoms with E-state index in [-0.39, 0.29) is 23.9 Å². The number of amides is 1. The lowest BCUT2D eigenvalue weighted by atomic mass is 9.95. The van der Waals surface area contributed by atoms with Gasteiger partial charge >= 0.3 is 0 Å². The maximum Gasteiger partial charge on any atom is 0.271 e. The Bertz CT molecular complexity index is 2400. The molecule has 6 aromatic rings. The van der Waals surface area contributed by atoms with E-state index in [0.717, 1.165) is 10.8 Å². The number of nitrogens with one attached hydrogen (secondary N) is 1. The highest BCUT2D eigenvalue weighted by molar-refractivity contribution is 7.07. The Labute approximate surface area is 279 Å². The second-order valence-corrected chi connectivity index (χ2v) is 12.3. The Kier molecular flexibility index (Phi) is 8.44. The van der Waals surface area contributed by atoms with E-state index in [1.54, 1.807) is 55.0 Å². The van der Waals surface area contributed by atoms with Crippen LogP contribution in [0.3, 0.4) is 0 Å². The number of hydrogen-bond donors (Lipinski definition) is 1. The van der Waals surface area contributed by atoms with E-state index in [0.29, 0.717) is 54.5 Å². The molecule has 1 amide bonds. The molecular formula is C39H30FN3O4S. The topological polar surface area (TPSA) is 81.9 Å². The van der Waals surface area contributed by atoms with Crippen LogP contribution in [-0.4, -0.2) is 17.6 Å². The molecule has 48 heavy (non-hydrogen) atoms. The van der Waals surface area contributed by atoms with Gasteiger partial charge in [0.25, 0.3) is 11.5 Å². The SMILES string of the molecule is COc1cccc([C@H]2C(C(=O)Nc3ccccc3)=C(C)N=c3s/c(=C/c4c(OCc5ccccc5F)ccc5ccccc45)c(=O)n32)c1. The Morgan fingerprint density at radius 2 is 1.73 bits per heavy atom. The number of hydrogen-bond acceptors (Lipinski definition) is 6. The summed E-state index contributed by atoms with van der Waals surface area (Å²) in [4.78, 5) is 33.6. The van der Waals surface area contributed by atoms with E-state index in [2.05, 4.69) is 5.32 Å². The largest absolute Gasteiger partial charge is 0.497 e. The molecule has 1 aliphatic rings. The number of carbonyl (C=O) groups excluding carboxylic acids is 1. The van der Waals surface area contributed by atoms with Crippen molar-refractivity contribution in [2.24, 2.45) is 4.99 Å². The number of allylic oxidation sites excluding steroid dienone is 1. The van der Waals surface area contributed by atoms with Gasteiger partial charge in [-0.2, -0.15) is 0 Å². The maximum atomic E-state index is 14.5. The fourth-order valence-corrected chi connectivity index (χ4v) is 6.94. The fraction of sp³-hybridized carbons (Fsp3) is 0.103. The summed E-state index contributed by atoms with van der Waals surface area (Å²) in [6.45, 7) is 1.80. The molecule has 1 atom stereocenters. The van der Waals surface area contributed by atoms with Crippen LogP contribution in [-0.2, 0) is 11.4 Å². The predicted molar refractivity (Wildman–Crippen MR) is 187 cm³/mol. The molecule has 0 aliphatic carbocycles. The van der Waals surface area contributed by atoms with Crippen molar-refractivity contribution in [3.8, 4) is 11.5 Å². The van der Waals surface area contributed by atoms with Crippen LogP contribution in [0.15, 0.2) is 136 Å². The number of anilines is 1. The molecule has 7 nitrogen and oxygen atoms in total. The van der Waals surface area contributed by atoms with Gasteiger partial charge in [-0.05, 0) is 65.7 Å². The monoisotopic (exact) mass is 655 g/mol. The van der Waals surface area contributed by atoms with E-state index < -0.39 is 6.04 Å². The molecule has 0 saturated carbocycles. The second-order valence-electron chi connectivity index (χ2n) is 11.3. The summed E-state index contributed by atoms with van der Waals surface area (Å²) in [6, 6.07) is 33.8. The third-order valence-electron chi connectivity index (χ3n) is 8.25. The van der Waals surface area contributed by atoms with Crippen LogP contribution in [0.5, 0.6) is 11.5 Å². The van der Waals surface area contributed by atoms with Crippen molar-refractivity contribution < 1.29 is 18.7 Å². The normalized spacial score (nSPS) is 14.4. The van der Waals surface area contributed by atoms with Crippen molar-refractivity contribution in [2.75, 3.05) is 12.4 Å². The number of fused-ring (bicyclic) bond motifs is 2. The standard InChI is InChI=1S/C39H30FN3O4S/c1-24-35(37(44)42-28-14-4-3-5-15-28)36(26-13-10-16-29(21-26)46-2)43-38(45)34(48-39(43)41-24)22-31-30-17-8-6-11-25(30)19-20-33(31)47-23-27-12-7-9-18-32(27)40/h3-22,36H,23H2,1-2H3,(H,42,44)/b34-22+/t36-/m0/s1. The molecule has 1 N–H and O–H groups in total. The molecular weight excluding hydrogens is 626 g/mol. The third kappa shape index (κ3) is 5.91. The predicted octanol–water partition coefficient (Wildman–Crippen LogP) is 6.75. The van der Waals surface area contributed by atoms with Crippen LogP contribution in [0.2, 0.25) is 0 Å². The molecule has 0 radical (unpaired) electrons. The quantitative estimate of drug-likeness (QED) is 0.197. The third-order valence-corrected chi connectivity index (χ3v) is 9.24. The average molecular weight is 656 g/mol. The number of carbonyl (C=O) groups is 1. The molecule has 2 heterocycles. The molecule has 1 aromatic heterocycles. The Hall–Kier alpha value is -5.80. The summed E-state index contributed by atoms with van der Waals surface area (Å²) in [6.07, 6.45) is 1.80. The van der Waals surface area contributed by atoms with Gasteiger partial charge in [0, 0.05) is 16.8 Å². The van der Waals surface area contributed by atoms with Crippen LogP contribution >= 0.6 is 11.3 Å². The van der Waals surface area contributed by atoms with Crippen molar-refractivity contribution in [1.29, 1.82) is 0 Å². The van der Waals surface area contributed by atoms with Gasteiger partial charge in [0.05, 0.1) is 29.0 Å². The smallest absolute Gasteiger partial charge is 0.271 e. The fourth-order valence-electron chi connectivity index (χ4n) is 5.91. The number of thiazole rings is 1. The maximum absolute atomic E-state index is 14.5. The molecule has 0 fully saturated rings. The highest BCUT2D eigenvalue weighted by Crippen LogP contribution is 2.33. The summed E-state index contributed by atoms with van der Waals surface area (Å²) >= 11 is 1.24. The lowest BCUT2D eigenvalue weighted by Crippen LogP contribution is -2.40. The van der Waals surface area contributed by atoms with Gasteiger partial charge in [0.1, 0.15) is 23.9 Å². The lowest BCUT2D eigenvalue weighted by molar-refractivity contribution is -0.113. The molecule has 5 aromatic carbocycles. The molecule has 0 saturated heterocycles. The number of ether oxygens (including phenoxy) is 2. The second kappa shape index (κ2) is 13.1. The minimum atomic E-state index is -0.772. The number of methoxy groups -OCH3 is 1. The Balaban J connectivity index is 1.38. The zero-order chi connectivity index (χ0) is 33.2. The van der Waals surface area contributed by atoms with Gasteiger partial charge in [-0.3, -0.25) is 14.2 Å². The van der Waals surface area contributed by atoms with Crippen molar-refractivity contribution in [2.45, 2.75) is 19.6 Å². The molecule has 0 unspecified atom stereocenters. The first-order valence-electron chi connectivity index (χ1n) is 15.3. The number of benzene rings is 5. The molecule has 1 aliphatic heterocycles. The van der Waals surface area contributed by atoms with Gasteiger partial charge in [-0.15, -0.1) is 0 Å². The number of para-hydroxylation sites is 1. The van der Waals surface area contributed by atoms with Crippen molar-refractivity contribution in [1.82, 2.24) is 4.57 Å². The summed E-state index contributed by atoms with van der Waals surface area (Å²) < 4.78 is 28.1. The van der Waals surface area contributed by atoms with Gasteiger partial charge in [-0.25, -0.2) is 9.38 Å². The van der Waals surface area contributed by atoms with E-state index >= 15 is 0 Å². The van der Waals surface area contributed by atoms with Crippen molar-refractivity contribution in [3.05, 3.63) is 169 Å². The average Bonchev–Trinajstić information content (AvgIpc) is 3.41. The van der Waals surface area contributed by atoms with Gasteiger partial charge in [0.15, 0.2) is 4.80 Å². The van der Waals surface area contributed by atoms with Crippen molar-refractivity contribution in [3.63, 3.8) is 0 Å². The Morgan fingerprint density at radius 3 is 2.54 bits per heavy atom. The minimum absolute atomic E-state index is 0.0159. The zero-order valence-corrected chi connectivity index (χ0v) is 27.0. The van der Waals surface area contributed by atoms with Crippen LogP contribution in [0.25, 0.3) is 16.8 Å². The first kappa shape index (κ1) is 30.8. The lowest BCUT2D eigenvalue weighted by Gasteiger charge is -2.25. The molecule has 7 rings (SSSR count). The van der Waals surface area contributed by atoms with E-state index in [1.807, 2.05) is 78.9 Å². The van der Waals surface area contributed by atoms with Gasteiger partial charge in [-0.1, -0.05) is 90.2 Å². The first-order chi connectivity index (χ1) is 23.4. The number of rotatable bonds is 8. The van der Waals surface area contributed by atoms with E-state index in [4.69, 9.17) is 14.5 Å². The molecule has 0 bridgehead atoms. The van der Waals surface area contributed by atoms with E-state index in [9.17, 15) is 14.0 Å². The summed E-state index contributed by atoms with van der Waals surface area (Å²) in [5.74, 6) is 0.390. The van der Waals surface area contributed by atoms with E-state index in [1.165, 1.54) is 17.4 Å².